The number of nitrogens with zero attached hydrogens (tertiary/aromatic N) is 4. The Kier molecular flexibility index (Phi) is 74.6. The van der Waals surface area contributed by atoms with Gasteiger partial charge >= 0.3 is 5.97 Å². The number of unbranched alkanes of at least 4 members (excludes halogenated alkanes) is 29. The summed E-state index contributed by atoms with van der Waals surface area (Å²) in [6.07, 6.45) is 89.3. The molecule has 0 aromatic rings. The standard InChI is InChI=1S/C88H162N4O6S2/c1-5-9-13-17-21-25-29-33-37-41-45-49-53-57-64-84(93)80-91(81-85(94)65-58-54-50-46-42-38-34-30-26-22-18-14-10-6-2)69-61-62-78-99-100-79-76-90-73-71-89(72-74-90)75-77-98-88(97)68-63-70-92(82-86(95)66-59-55-51-47-43-39-35-31-27-23-19-15-11-7-3)83-87(96)67-60-56-52-48-44-40-36-32-28-24-20-16-12-8-4/h11-12,15-16,23-24,27-28,33-40,84-87,93-96H,5-10,13-14,17-22,25-26,29-32,41-83H2,1-4H3/b15-11-,16-12-,27-23-,28-24-,37-33-,38-34-,39-35-,40-36-/t84-,85-,86+,87+/m0/s1. The number of rotatable bonds is 76. The Bertz CT molecular complexity index is 1850. The van der Waals surface area contributed by atoms with Gasteiger partial charge in [-0.05, 0) is 174 Å². The average Bonchev–Trinajstić information content (AvgIpc) is 1.06. The van der Waals surface area contributed by atoms with Gasteiger partial charge in [0.2, 0.25) is 0 Å². The molecule has 1 aliphatic rings. The van der Waals surface area contributed by atoms with E-state index in [0.29, 0.717) is 52.2 Å². The zero-order chi connectivity index (χ0) is 72.2. The zero-order valence-electron chi connectivity index (χ0n) is 65.8. The molecule has 0 aromatic heterocycles. The first kappa shape index (κ1) is 95.8. The van der Waals surface area contributed by atoms with E-state index in [-0.39, 0.29) is 18.2 Å². The summed E-state index contributed by atoms with van der Waals surface area (Å²) in [5.74, 6) is 2.07. The number of hydrogen-bond acceptors (Lipinski definition) is 12. The first-order valence-corrected chi connectivity index (χ1v) is 44.9. The molecular formula is C88H162N4O6S2. The van der Waals surface area contributed by atoms with Gasteiger partial charge in [0.15, 0.2) is 0 Å². The van der Waals surface area contributed by atoms with Crippen molar-refractivity contribution in [1.82, 2.24) is 19.6 Å². The lowest BCUT2D eigenvalue weighted by Crippen LogP contribution is -2.47. The SMILES string of the molecule is CC/C=C\C/C=C\C/C=C\CCCCCC[C@@H](O)CN(CCCC(=O)OCCN1CCN(CCSSCCCCN(C[C@@H](O)CCCCCC/C=C\CCCCCCCC)C[C@@H](O)CCCCCC/C=C\CCCCCCCC)CC1)C[C@H](O)CCCCCC/C=C\C/C=C\C/C=C\CC. The minimum Gasteiger partial charge on any atom is -0.464 e. The van der Waals surface area contributed by atoms with Gasteiger partial charge in [0, 0.05) is 83.4 Å². The number of piperazine rings is 1. The Labute approximate surface area is 627 Å². The van der Waals surface area contributed by atoms with Gasteiger partial charge in [0.1, 0.15) is 6.61 Å². The van der Waals surface area contributed by atoms with Crippen LogP contribution in [0, 0.1) is 0 Å². The molecule has 1 aliphatic heterocycles. The van der Waals surface area contributed by atoms with E-state index in [0.717, 1.165) is 186 Å². The van der Waals surface area contributed by atoms with E-state index in [4.69, 9.17) is 4.74 Å². The van der Waals surface area contributed by atoms with Crippen molar-refractivity contribution < 1.29 is 30.0 Å². The quantitative estimate of drug-likeness (QED) is 0.0201. The third-order valence-electron chi connectivity index (χ3n) is 19.4. The molecule has 1 saturated heterocycles. The Hall–Kier alpha value is -2.23. The number of aliphatic hydroxyl groups is 4. The molecule has 1 rings (SSSR count). The molecule has 0 radical (unpaired) electrons. The minimum atomic E-state index is -0.450. The maximum atomic E-state index is 13.0. The summed E-state index contributed by atoms with van der Waals surface area (Å²) in [4.78, 5) is 22.6. The monoisotopic (exact) mass is 1440 g/mol. The minimum absolute atomic E-state index is 0.158. The van der Waals surface area contributed by atoms with Gasteiger partial charge in [-0.2, -0.15) is 0 Å². The molecule has 10 nitrogen and oxygen atoms in total. The van der Waals surface area contributed by atoms with Crippen molar-refractivity contribution in [3.8, 4) is 0 Å². The topological polar surface area (TPSA) is 120 Å². The molecule has 100 heavy (non-hydrogen) atoms. The summed E-state index contributed by atoms with van der Waals surface area (Å²) in [5.41, 5.74) is 0. The Morgan fingerprint density at radius 3 is 1.02 bits per heavy atom. The number of carbonyl (C=O) groups excluding carboxylic acids is 1. The molecule has 0 unspecified atom stereocenters. The molecule has 0 aliphatic carbocycles. The van der Waals surface area contributed by atoms with Crippen LogP contribution in [-0.4, -0.2) is 167 Å². The van der Waals surface area contributed by atoms with Crippen molar-refractivity contribution in [3.05, 3.63) is 97.2 Å². The van der Waals surface area contributed by atoms with Gasteiger partial charge in [0.05, 0.1) is 24.4 Å². The van der Waals surface area contributed by atoms with Crippen molar-refractivity contribution in [2.75, 3.05) is 96.6 Å². The molecule has 12 heteroatoms. The predicted molar refractivity (Wildman–Crippen MR) is 443 cm³/mol. The van der Waals surface area contributed by atoms with Crippen LogP contribution < -0.4 is 0 Å². The van der Waals surface area contributed by atoms with Crippen LogP contribution in [-0.2, 0) is 9.53 Å². The summed E-state index contributed by atoms with van der Waals surface area (Å²) in [7, 11) is 3.98. The zero-order valence-corrected chi connectivity index (χ0v) is 67.4. The number of esters is 1. The fourth-order valence-corrected chi connectivity index (χ4v) is 15.3. The average molecular weight is 1440 g/mol. The first-order chi connectivity index (χ1) is 49.2. The summed E-state index contributed by atoms with van der Waals surface area (Å²) >= 11 is 0. The fourth-order valence-electron chi connectivity index (χ4n) is 13.1. The van der Waals surface area contributed by atoms with E-state index in [1.807, 2.05) is 21.6 Å². The van der Waals surface area contributed by atoms with Gasteiger partial charge in [-0.1, -0.05) is 288 Å². The number of ether oxygens (including phenoxy) is 1. The lowest BCUT2D eigenvalue weighted by molar-refractivity contribution is -0.144. The third-order valence-corrected chi connectivity index (χ3v) is 21.8. The van der Waals surface area contributed by atoms with Crippen LogP contribution in [0.5, 0.6) is 0 Å². The van der Waals surface area contributed by atoms with E-state index in [1.54, 1.807) is 0 Å². The number of aliphatic hydroxyl groups excluding tert-OH is 4. The highest BCUT2D eigenvalue weighted by molar-refractivity contribution is 8.76. The Balaban J connectivity index is 2.47. The number of carbonyl (C=O) groups is 1. The first-order valence-electron chi connectivity index (χ1n) is 42.4. The van der Waals surface area contributed by atoms with Crippen LogP contribution in [0.25, 0.3) is 0 Å². The van der Waals surface area contributed by atoms with Crippen molar-refractivity contribution >= 4 is 27.6 Å². The van der Waals surface area contributed by atoms with Crippen molar-refractivity contribution in [1.29, 1.82) is 0 Å². The van der Waals surface area contributed by atoms with Crippen LogP contribution in [0.15, 0.2) is 97.2 Å². The largest absolute Gasteiger partial charge is 0.464 e. The van der Waals surface area contributed by atoms with Crippen LogP contribution in [0.1, 0.15) is 336 Å². The molecular weight excluding hydrogens is 1270 g/mol. The van der Waals surface area contributed by atoms with E-state index in [2.05, 4.69) is 145 Å². The summed E-state index contributed by atoms with van der Waals surface area (Å²) < 4.78 is 5.78. The van der Waals surface area contributed by atoms with Crippen molar-refractivity contribution in [2.45, 2.75) is 360 Å². The van der Waals surface area contributed by atoms with Gasteiger partial charge in [-0.25, -0.2) is 0 Å². The second kappa shape index (κ2) is 77.9. The van der Waals surface area contributed by atoms with E-state index in [1.165, 1.54) is 167 Å². The summed E-state index contributed by atoms with van der Waals surface area (Å²) in [5, 5.41) is 44.8. The third kappa shape index (κ3) is 70.1. The molecule has 1 fully saturated rings. The van der Waals surface area contributed by atoms with Crippen LogP contribution in [0.2, 0.25) is 0 Å². The van der Waals surface area contributed by atoms with E-state index >= 15 is 0 Å². The van der Waals surface area contributed by atoms with Crippen LogP contribution in [0.3, 0.4) is 0 Å². The summed E-state index contributed by atoms with van der Waals surface area (Å²) in [6, 6.07) is 0. The second-order valence-electron chi connectivity index (χ2n) is 29.1. The molecule has 582 valence electrons. The van der Waals surface area contributed by atoms with Gasteiger partial charge in [-0.15, -0.1) is 0 Å². The second-order valence-corrected chi connectivity index (χ2v) is 31.8. The molecule has 4 N–H and O–H groups in total. The lowest BCUT2D eigenvalue weighted by Gasteiger charge is -2.34. The molecule has 0 bridgehead atoms. The molecule has 0 spiro atoms. The fraction of sp³-hybridized carbons (Fsp3) is 0.807. The maximum Gasteiger partial charge on any atom is 0.305 e. The van der Waals surface area contributed by atoms with Crippen LogP contribution >= 0.6 is 21.6 Å². The highest BCUT2D eigenvalue weighted by atomic mass is 33.1. The molecule has 0 aromatic carbocycles. The smallest absolute Gasteiger partial charge is 0.305 e. The Morgan fingerprint density at radius 2 is 0.650 bits per heavy atom. The summed E-state index contributed by atoms with van der Waals surface area (Å²) in [6.45, 7) is 19.2. The lowest BCUT2D eigenvalue weighted by atomic mass is 10.1. The highest BCUT2D eigenvalue weighted by Crippen LogP contribution is 2.24. The van der Waals surface area contributed by atoms with E-state index in [9.17, 15) is 25.2 Å². The molecule has 4 atom stereocenters. The number of allylic oxidation sites excluding steroid dienone is 16. The van der Waals surface area contributed by atoms with Crippen molar-refractivity contribution in [2.24, 2.45) is 0 Å². The van der Waals surface area contributed by atoms with Gasteiger partial charge < -0.3 is 25.2 Å². The number of hydrogen-bond donors (Lipinski definition) is 4. The van der Waals surface area contributed by atoms with Crippen LogP contribution in [0.4, 0.5) is 0 Å². The predicted octanol–water partition coefficient (Wildman–Crippen LogP) is 22.8. The molecule has 0 amide bonds. The molecule has 1 heterocycles. The van der Waals surface area contributed by atoms with Gasteiger partial charge in [0.25, 0.3) is 0 Å². The van der Waals surface area contributed by atoms with Gasteiger partial charge in [-0.3, -0.25) is 24.4 Å². The van der Waals surface area contributed by atoms with Crippen molar-refractivity contribution in [3.63, 3.8) is 0 Å². The maximum absolute atomic E-state index is 13.0. The molecule has 0 saturated carbocycles. The van der Waals surface area contributed by atoms with E-state index < -0.39 is 12.2 Å². The normalized spacial score (nSPS) is 15.1. The highest BCUT2D eigenvalue weighted by Gasteiger charge is 2.20. The Morgan fingerprint density at radius 1 is 0.350 bits per heavy atom.